The van der Waals surface area contributed by atoms with Crippen molar-refractivity contribution < 1.29 is 8.42 Å². The lowest BCUT2D eigenvalue weighted by molar-refractivity contribution is 0.428. The van der Waals surface area contributed by atoms with Gasteiger partial charge < -0.3 is 4.90 Å². The van der Waals surface area contributed by atoms with Crippen molar-refractivity contribution in [3.05, 3.63) is 40.4 Å². The largest absolute Gasteiger partial charge is 0.374 e. The zero-order valence-electron chi connectivity index (χ0n) is 10.3. The van der Waals surface area contributed by atoms with Gasteiger partial charge >= 0.3 is 0 Å². The van der Waals surface area contributed by atoms with Crippen molar-refractivity contribution in [1.82, 2.24) is 4.90 Å². The van der Waals surface area contributed by atoms with Gasteiger partial charge in [-0.15, -0.1) is 0 Å². The molecule has 0 saturated carbocycles. The highest BCUT2D eigenvalue weighted by molar-refractivity contribution is 7.94. The van der Waals surface area contributed by atoms with Crippen LogP contribution in [0.15, 0.2) is 40.3 Å². The molecule has 0 bridgehead atoms. The maximum absolute atomic E-state index is 12.2. The Balaban J connectivity index is 2.25. The highest BCUT2D eigenvalue weighted by Gasteiger charge is 2.16. The summed E-state index contributed by atoms with van der Waals surface area (Å²) >= 11 is 5.75. The Bertz CT molecular complexity index is 543. The van der Waals surface area contributed by atoms with E-state index in [1.165, 1.54) is 17.5 Å². The maximum Gasteiger partial charge on any atom is 0.201 e. The van der Waals surface area contributed by atoms with E-state index in [1.54, 1.807) is 12.1 Å². The SMILES string of the molecule is CC(=CS(=O)(=O)c1ccc(Cl)cc1)N1CCCC1. The lowest BCUT2D eigenvalue weighted by atomic mass is 10.4. The molecule has 1 aliphatic rings. The number of sulfone groups is 1. The molecular formula is C13H16ClNO2S. The second kappa shape index (κ2) is 5.33. The molecule has 0 amide bonds. The predicted molar refractivity (Wildman–Crippen MR) is 73.2 cm³/mol. The maximum atomic E-state index is 12.2. The van der Waals surface area contributed by atoms with Crippen LogP contribution in [0, 0.1) is 0 Å². The van der Waals surface area contributed by atoms with Gasteiger partial charge in [0.25, 0.3) is 0 Å². The van der Waals surface area contributed by atoms with E-state index in [-0.39, 0.29) is 4.90 Å². The zero-order valence-corrected chi connectivity index (χ0v) is 11.8. The van der Waals surface area contributed by atoms with Crippen LogP contribution < -0.4 is 0 Å². The van der Waals surface area contributed by atoms with Gasteiger partial charge in [-0.3, -0.25) is 0 Å². The minimum atomic E-state index is -3.38. The quantitative estimate of drug-likeness (QED) is 0.856. The first-order valence-electron chi connectivity index (χ1n) is 5.93. The van der Waals surface area contributed by atoms with Crippen molar-refractivity contribution in [3.63, 3.8) is 0 Å². The molecule has 0 spiro atoms. The molecule has 1 fully saturated rings. The summed E-state index contributed by atoms with van der Waals surface area (Å²) in [4.78, 5) is 2.39. The first-order valence-corrected chi connectivity index (χ1v) is 7.85. The van der Waals surface area contributed by atoms with Crippen molar-refractivity contribution in [2.45, 2.75) is 24.7 Å². The second-order valence-electron chi connectivity index (χ2n) is 4.45. The van der Waals surface area contributed by atoms with Gasteiger partial charge in [-0.2, -0.15) is 0 Å². The molecule has 0 aliphatic carbocycles. The summed E-state index contributed by atoms with van der Waals surface area (Å²) < 4.78 is 24.3. The van der Waals surface area contributed by atoms with Crippen molar-refractivity contribution in [3.8, 4) is 0 Å². The average Bonchev–Trinajstić information content (AvgIpc) is 2.82. The van der Waals surface area contributed by atoms with Gasteiger partial charge in [-0.25, -0.2) is 8.42 Å². The van der Waals surface area contributed by atoms with E-state index in [2.05, 4.69) is 4.90 Å². The van der Waals surface area contributed by atoms with Crippen LogP contribution in [-0.2, 0) is 9.84 Å². The van der Waals surface area contributed by atoms with Crippen LogP contribution in [-0.4, -0.2) is 26.4 Å². The lowest BCUT2D eigenvalue weighted by Gasteiger charge is -2.17. The van der Waals surface area contributed by atoms with Gasteiger partial charge in [0, 0.05) is 23.8 Å². The van der Waals surface area contributed by atoms with Gasteiger partial charge in [0.05, 0.1) is 10.3 Å². The van der Waals surface area contributed by atoms with E-state index >= 15 is 0 Å². The molecule has 0 aromatic heterocycles. The van der Waals surface area contributed by atoms with E-state index in [1.807, 2.05) is 6.92 Å². The summed E-state index contributed by atoms with van der Waals surface area (Å²) in [5, 5.41) is 1.89. The third kappa shape index (κ3) is 3.06. The Morgan fingerprint density at radius 2 is 1.78 bits per heavy atom. The molecule has 3 nitrogen and oxygen atoms in total. The highest BCUT2D eigenvalue weighted by atomic mass is 35.5. The van der Waals surface area contributed by atoms with Crippen molar-refractivity contribution >= 4 is 21.4 Å². The van der Waals surface area contributed by atoms with Crippen LogP contribution in [0.2, 0.25) is 5.02 Å². The van der Waals surface area contributed by atoms with Crippen LogP contribution in [0.3, 0.4) is 0 Å². The standard InChI is InChI=1S/C13H16ClNO2S/c1-11(15-8-2-3-9-15)10-18(16,17)13-6-4-12(14)5-7-13/h4-7,10H,2-3,8-9H2,1H3. The molecule has 0 N–H and O–H groups in total. The van der Waals surface area contributed by atoms with Crippen LogP contribution in [0.1, 0.15) is 19.8 Å². The van der Waals surface area contributed by atoms with Gasteiger partial charge in [-0.05, 0) is 44.0 Å². The Labute approximate surface area is 113 Å². The van der Waals surface area contributed by atoms with E-state index in [0.29, 0.717) is 5.02 Å². The summed E-state index contributed by atoms with van der Waals surface area (Å²) in [6.45, 7) is 3.73. The fourth-order valence-corrected chi connectivity index (χ4v) is 3.44. The van der Waals surface area contributed by atoms with Gasteiger partial charge in [0.15, 0.2) is 0 Å². The Hall–Kier alpha value is -1.00. The van der Waals surface area contributed by atoms with Crippen molar-refractivity contribution in [2.24, 2.45) is 0 Å². The van der Waals surface area contributed by atoms with Crippen LogP contribution in [0.4, 0.5) is 0 Å². The number of likely N-dealkylation sites (tertiary alicyclic amines) is 1. The number of allylic oxidation sites excluding steroid dienone is 1. The zero-order chi connectivity index (χ0) is 13.2. The summed E-state index contributed by atoms with van der Waals surface area (Å²) in [5.41, 5.74) is 0.808. The molecule has 0 unspecified atom stereocenters. The minimum absolute atomic E-state index is 0.283. The summed E-state index contributed by atoms with van der Waals surface area (Å²) in [7, 11) is -3.38. The number of halogens is 1. The van der Waals surface area contributed by atoms with Crippen molar-refractivity contribution in [2.75, 3.05) is 13.1 Å². The Kier molecular flexibility index (Phi) is 3.97. The average molecular weight is 286 g/mol. The van der Waals surface area contributed by atoms with E-state index in [4.69, 9.17) is 11.6 Å². The number of hydrogen-bond acceptors (Lipinski definition) is 3. The first kappa shape index (κ1) is 13.4. The van der Waals surface area contributed by atoms with E-state index in [0.717, 1.165) is 31.6 Å². The van der Waals surface area contributed by atoms with E-state index < -0.39 is 9.84 Å². The molecule has 2 rings (SSSR count). The summed E-state index contributed by atoms with van der Waals surface area (Å²) in [5.74, 6) is 0. The lowest BCUT2D eigenvalue weighted by Crippen LogP contribution is -2.17. The molecule has 5 heteroatoms. The number of hydrogen-bond donors (Lipinski definition) is 0. The van der Waals surface area contributed by atoms with Crippen LogP contribution in [0.5, 0.6) is 0 Å². The molecule has 1 saturated heterocycles. The topological polar surface area (TPSA) is 37.4 Å². The molecule has 1 aromatic rings. The third-order valence-corrected chi connectivity index (χ3v) is 4.91. The molecule has 0 atom stereocenters. The normalized spacial score (nSPS) is 17.2. The Morgan fingerprint density at radius 1 is 1.22 bits per heavy atom. The van der Waals surface area contributed by atoms with Crippen LogP contribution in [0.25, 0.3) is 0 Å². The fourth-order valence-electron chi connectivity index (χ4n) is 2.06. The van der Waals surface area contributed by atoms with Gasteiger partial charge in [-0.1, -0.05) is 11.6 Å². The number of rotatable bonds is 3. The molecule has 1 heterocycles. The molecule has 18 heavy (non-hydrogen) atoms. The van der Waals surface area contributed by atoms with E-state index in [9.17, 15) is 8.42 Å². The monoisotopic (exact) mass is 285 g/mol. The Morgan fingerprint density at radius 3 is 2.33 bits per heavy atom. The summed E-state index contributed by atoms with van der Waals surface area (Å²) in [6, 6.07) is 6.25. The first-order chi connectivity index (χ1) is 8.49. The highest BCUT2D eigenvalue weighted by Crippen LogP contribution is 2.20. The fraction of sp³-hybridized carbons (Fsp3) is 0.385. The molecule has 98 valence electrons. The van der Waals surface area contributed by atoms with Gasteiger partial charge in [0.1, 0.15) is 0 Å². The molecule has 0 radical (unpaired) electrons. The van der Waals surface area contributed by atoms with Crippen LogP contribution >= 0.6 is 11.6 Å². The molecule has 1 aromatic carbocycles. The predicted octanol–water partition coefficient (Wildman–Crippen LogP) is 3.07. The van der Waals surface area contributed by atoms with Gasteiger partial charge in [0.2, 0.25) is 9.84 Å². The summed E-state index contributed by atoms with van der Waals surface area (Å²) in [6.07, 6.45) is 2.26. The molecule has 1 aliphatic heterocycles. The second-order valence-corrected chi connectivity index (χ2v) is 6.69. The minimum Gasteiger partial charge on any atom is -0.374 e. The third-order valence-electron chi connectivity index (χ3n) is 3.07. The molecular weight excluding hydrogens is 270 g/mol. The smallest absolute Gasteiger partial charge is 0.201 e. The van der Waals surface area contributed by atoms with Crippen molar-refractivity contribution in [1.29, 1.82) is 0 Å². The number of nitrogens with zero attached hydrogens (tertiary/aromatic N) is 1. The number of benzene rings is 1.